The molecule has 2 heterocycles. The Bertz CT molecular complexity index is 864. The minimum Gasteiger partial charge on any atom is -0.492 e. The third kappa shape index (κ3) is 4.56. The molecule has 0 bridgehead atoms. The van der Waals surface area contributed by atoms with Crippen molar-refractivity contribution in [1.82, 2.24) is 9.88 Å². The van der Waals surface area contributed by atoms with Crippen LogP contribution in [0.3, 0.4) is 0 Å². The van der Waals surface area contributed by atoms with Crippen LogP contribution in [0.5, 0.6) is 5.75 Å². The number of benzene rings is 2. The molecule has 1 N–H and O–H groups in total. The Labute approximate surface area is 159 Å². The monoisotopic (exact) mass is 363 g/mol. The second-order valence-corrected chi connectivity index (χ2v) is 6.63. The SMILES string of the molecule is c1ccc(NCc2c(OCCN3CCOCC3)ccc3ccccc23)nc1. The number of aromatic nitrogens is 1. The number of pyridine rings is 1. The van der Waals surface area contributed by atoms with Gasteiger partial charge in [0.2, 0.25) is 0 Å². The van der Waals surface area contributed by atoms with Gasteiger partial charge in [-0.15, -0.1) is 0 Å². The van der Waals surface area contributed by atoms with E-state index < -0.39 is 0 Å². The van der Waals surface area contributed by atoms with Gasteiger partial charge in [-0.2, -0.15) is 0 Å². The highest BCUT2D eigenvalue weighted by molar-refractivity contribution is 5.88. The van der Waals surface area contributed by atoms with E-state index in [9.17, 15) is 0 Å². The first-order valence-electron chi connectivity index (χ1n) is 9.48. The van der Waals surface area contributed by atoms with Crippen LogP contribution in [0.25, 0.3) is 10.8 Å². The summed E-state index contributed by atoms with van der Waals surface area (Å²) in [7, 11) is 0. The number of morpholine rings is 1. The molecule has 0 unspecified atom stereocenters. The molecule has 3 aromatic rings. The van der Waals surface area contributed by atoms with Crippen molar-refractivity contribution in [2.45, 2.75) is 6.54 Å². The van der Waals surface area contributed by atoms with E-state index in [-0.39, 0.29) is 0 Å². The van der Waals surface area contributed by atoms with Crippen LogP contribution in [0.4, 0.5) is 5.82 Å². The highest BCUT2D eigenvalue weighted by Gasteiger charge is 2.12. The van der Waals surface area contributed by atoms with Crippen LogP contribution in [0.15, 0.2) is 60.8 Å². The fraction of sp³-hybridized carbons (Fsp3) is 0.318. The first-order valence-corrected chi connectivity index (χ1v) is 9.48. The normalized spacial score (nSPS) is 15.0. The highest BCUT2D eigenvalue weighted by Crippen LogP contribution is 2.29. The summed E-state index contributed by atoms with van der Waals surface area (Å²) < 4.78 is 11.6. The van der Waals surface area contributed by atoms with Crippen LogP contribution >= 0.6 is 0 Å². The number of rotatable bonds is 7. The first kappa shape index (κ1) is 17.8. The van der Waals surface area contributed by atoms with Gasteiger partial charge in [0.25, 0.3) is 0 Å². The zero-order valence-corrected chi connectivity index (χ0v) is 15.4. The van der Waals surface area contributed by atoms with Crippen molar-refractivity contribution in [1.29, 1.82) is 0 Å². The molecule has 0 radical (unpaired) electrons. The van der Waals surface area contributed by atoms with Gasteiger partial charge in [-0.1, -0.05) is 36.4 Å². The van der Waals surface area contributed by atoms with Gasteiger partial charge in [-0.05, 0) is 29.0 Å². The fourth-order valence-corrected chi connectivity index (χ4v) is 3.39. The highest BCUT2D eigenvalue weighted by atomic mass is 16.5. The van der Waals surface area contributed by atoms with Crippen molar-refractivity contribution in [3.8, 4) is 5.75 Å². The summed E-state index contributed by atoms with van der Waals surface area (Å²) in [5.74, 6) is 1.80. The maximum absolute atomic E-state index is 6.19. The van der Waals surface area contributed by atoms with E-state index in [1.54, 1.807) is 6.20 Å². The number of nitrogens with zero attached hydrogens (tertiary/aromatic N) is 2. The van der Waals surface area contributed by atoms with Gasteiger partial charge in [0, 0.05) is 37.9 Å². The molecule has 0 atom stereocenters. The number of ether oxygens (including phenoxy) is 2. The maximum atomic E-state index is 6.19. The number of hydrogen-bond acceptors (Lipinski definition) is 5. The first-order chi connectivity index (χ1) is 13.4. The molecule has 5 nitrogen and oxygen atoms in total. The van der Waals surface area contributed by atoms with Crippen LogP contribution in [0, 0.1) is 0 Å². The van der Waals surface area contributed by atoms with Gasteiger partial charge in [0.15, 0.2) is 0 Å². The number of fused-ring (bicyclic) bond motifs is 1. The van der Waals surface area contributed by atoms with E-state index >= 15 is 0 Å². The standard InChI is InChI=1S/C22H25N3O2/c1-2-6-19-18(5-1)8-9-21(27-16-13-25-11-14-26-15-12-25)20(19)17-24-22-7-3-4-10-23-22/h1-10H,11-17H2,(H,23,24). The summed E-state index contributed by atoms with van der Waals surface area (Å²) in [6, 6.07) is 18.5. The molecule has 27 heavy (non-hydrogen) atoms. The molecule has 1 aromatic heterocycles. The lowest BCUT2D eigenvalue weighted by Gasteiger charge is -2.26. The van der Waals surface area contributed by atoms with Crippen molar-refractivity contribution in [3.63, 3.8) is 0 Å². The summed E-state index contributed by atoms with van der Waals surface area (Å²) in [4.78, 5) is 6.74. The van der Waals surface area contributed by atoms with Gasteiger partial charge in [-0.25, -0.2) is 4.98 Å². The minimum atomic E-state index is 0.672. The molecule has 4 rings (SSSR count). The van der Waals surface area contributed by atoms with Gasteiger partial charge >= 0.3 is 0 Å². The summed E-state index contributed by atoms with van der Waals surface area (Å²) in [5, 5.41) is 5.85. The van der Waals surface area contributed by atoms with E-state index in [0.29, 0.717) is 13.2 Å². The third-order valence-electron chi connectivity index (χ3n) is 4.88. The van der Waals surface area contributed by atoms with E-state index in [0.717, 1.165) is 44.4 Å². The molecule has 0 spiro atoms. The van der Waals surface area contributed by atoms with Gasteiger partial charge in [0.05, 0.1) is 13.2 Å². The van der Waals surface area contributed by atoms with E-state index in [2.05, 4.69) is 51.6 Å². The lowest BCUT2D eigenvalue weighted by Crippen LogP contribution is -2.38. The Hall–Kier alpha value is -2.63. The van der Waals surface area contributed by atoms with Gasteiger partial charge in [0.1, 0.15) is 18.2 Å². The Kier molecular flexibility index (Phi) is 5.82. The molecule has 140 valence electrons. The molecule has 1 fully saturated rings. The molecular formula is C22H25N3O2. The second kappa shape index (κ2) is 8.84. The number of hydrogen-bond donors (Lipinski definition) is 1. The smallest absolute Gasteiger partial charge is 0.126 e. The maximum Gasteiger partial charge on any atom is 0.126 e. The minimum absolute atomic E-state index is 0.672. The molecule has 1 saturated heterocycles. The van der Waals surface area contributed by atoms with Crippen LogP contribution in [0.2, 0.25) is 0 Å². The molecule has 1 aliphatic rings. The molecule has 0 aliphatic carbocycles. The summed E-state index contributed by atoms with van der Waals surface area (Å²) in [6.45, 7) is 5.86. The summed E-state index contributed by atoms with van der Waals surface area (Å²) in [6.07, 6.45) is 1.80. The largest absolute Gasteiger partial charge is 0.492 e. The van der Waals surface area contributed by atoms with Crippen LogP contribution in [0.1, 0.15) is 5.56 Å². The zero-order valence-electron chi connectivity index (χ0n) is 15.4. The lowest BCUT2D eigenvalue weighted by atomic mass is 10.0. The number of anilines is 1. The predicted octanol–water partition coefficient (Wildman–Crippen LogP) is 3.56. The Morgan fingerprint density at radius 1 is 1.00 bits per heavy atom. The predicted molar refractivity (Wildman–Crippen MR) is 108 cm³/mol. The second-order valence-electron chi connectivity index (χ2n) is 6.63. The molecule has 1 aliphatic heterocycles. The topological polar surface area (TPSA) is 46.6 Å². The zero-order chi connectivity index (χ0) is 18.3. The van der Waals surface area contributed by atoms with E-state index in [1.807, 2.05) is 18.2 Å². The summed E-state index contributed by atoms with van der Waals surface area (Å²) >= 11 is 0. The molecular weight excluding hydrogens is 338 g/mol. The Morgan fingerprint density at radius 3 is 2.70 bits per heavy atom. The van der Waals surface area contributed by atoms with Crippen molar-refractivity contribution in [3.05, 3.63) is 66.4 Å². The van der Waals surface area contributed by atoms with Crippen LogP contribution in [-0.4, -0.2) is 49.3 Å². The summed E-state index contributed by atoms with van der Waals surface area (Å²) in [5.41, 5.74) is 1.17. The number of nitrogens with one attached hydrogen (secondary N) is 1. The van der Waals surface area contributed by atoms with E-state index in [4.69, 9.17) is 9.47 Å². The van der Waals surface area contributed by atoms with Gasteiger partial charge < -0.3 is 14.8 Å². The lowest BCUT2D eigenvalue weighted by molar-refractivity contribution is 0.0322. The Morgan fingerprint density at radius 2 is 1.85 bits per heavy atom. The van der Waals surface area contributed by atoms with Gasteiger partial charge in [-0.3, -0.25) is 4.90 Å². The van der Waals surface area contributed by atoms with Crippen molar-refractivity contribution >= 4 is 16.6 Å². The molecule has 0 amide bonds. The van der Waals surface area contributed by atoms with Crippen molar-refractivity contribution in [2.24, 2.45) is 0 Å². The molecule has 0 saturated carbocycles. The van der Waals surface area contributed by atoms with E-state index in [1.165, 1.54) is 16.3 Å². The molecule has 2 aromatic carbocycles. The van der Waals surface area contributed by atoms with Crippen molar-refractivity contribution < 1.29 is 9.47 Å². The quantitative estimate of drug-likeness (QED) is 0.695. The average Bonchev–Trinajstić information content (AvgIpc) is 2.74. The third-order valence-corrected chi connectivity index (χ3v) is 4.88. The van der Waals surface area contributed by atoms with Crippen molar-refractivity contribution in [2.75, 3.05) is 44.8 Å². The van der Waals surface area contributed by atoms with Crippen LogP contribution in [-0.2, 0) is 11.3 Å². The fourth-order valence-electron chi connectivity index (χ4n) is 3.39. The van der Waals surface area contributed by atoms with Crippen LogP contribution < -0.4 is 10.1 Å². The average molecular weight is 363 g/mol. The Balaban J connectivity index is 1.50. The molecule has 5 heteroatoms.